The van der Waals surface area contributed by atoms with Gasteiger partial charge in [0.2, 0.25) is 17.7 Å². The molecule has 2 N–H and O–H groups in total. The number of rotatable bonds is 8. The van der Waals surface area contributed by atoms with Gasteiger partial charge < -0.3 is 5.32 Å². The van der Waals surface area contributed by atoms with Gasteiger partial charge in [-0.05, 0) is 38.3 Å². The Morgan fingerprint density at radius 3 is 2.77 bits per heavy atom. The Morgan fingerprint density at radius 2 is 2.03 bits per heavy atom. The minimum Gasteiger partial charge on any atom is -0.324 e. The quantitative estimate of drug-likeness (QED) is 0.386. The van der Waals surface area contributed by atoms with E-state index in [9.17, 15) is 19.2 Å². The van der Waals surface area contributed by atoms with Crippen molar-refractivity contribution in [2.24, 2.45) is 0 Å². The highest BCUT2D eigenvalue weighted by molar-refractivity contribution is 6.01. The van der Waals surface area contributed by atoms with Crippen molar-refractivity contribution in [2.45, 2.75) is 64.3 Å². The highest BCUT2D eigenvalue weighted by atomic mass is 16.2. The zero-order chi connectivity index (χ0) is 22.4. The number of amides is 3. The molecule has 8 nitrogen and oxygen atoms in total. The lowest BCUT2D eigenvalue weighted by Gasteiger charge is -2.24. The van der Waals surface area contributed by atoms with Crippen LogP contribution in [-0.4, -0.2) is 27.3 Å². The van der Waals surface area contributed by atoms with Crippen LogP contribution in [0.5, 0.6) is 0 Å². The summed E-state index contributed by atoms with van der Waals surface area (Å²) >= 11 is 0. The number of nitrogens with zero attached hydrogens (tertiary/aromatic N) is 2. The van der Waals surface area contributed by atoms with Crippen LogP contribution in [0.25, 0.3) is 10.9 Å². The first-order valence-corrected chi connectivity index (χ1v) is 10.5. The Labute approximate surface area is 180 Å². The largest absolute Gasteiger partial charge is 0.324 e. The first-order valence-electron chi connectivity index (χ1n) is 10.5. The van der Waals surface area contributed by atoms with Gasteiger partial charge in [-0.1, -0.05) is 18.9 Å². The molecular weight excluding hydrogens is 396 g/mol. The lowest BCUT2D eigenvalue weighted by Crippen LogP contribution is -2.45. The number of aryl methyl sites for hydroxylation is 1. The van der Waals surface area contributed by atoms with Crippen molar-refractivity contribution in [2.75, 3.05) is 5.32 Å². The summed E-state index contributed by atoms with van der Waals surface area (Å²) < 4.78 is 1.33. The molecule has 3 amide bonds. The van der Waals surface area contributed by atoms with Crippen LogP contribution in [0.3, 0.4) is 0 Å². The number of fused-ring (bicyclic) bond motifs is 1. The Kier molecular flexibility index (Phi) is 7.19. The number of nitrogens with one attached hydrogen (secondary N) is 2. The summed E-state index contributed by atoms with van der Waals surface area (Å²) in [5.41, 5.74) is 0.475. The van der Waals surface area contributed by atoms with Gasteiger partial charge in [0.05, 0.1) is 11.1 Å². The zero-order valence-electron chi connectivity index (χ0n) is 17.6. The van der Waals surface area contributed by atoms with Gasteiger partial charge in [-0.3, -0.25) is 29.1 Å². The molecule has 0 aliphatic carbocycles. The minimum atomic E-state index is -0.783. The van der Waals surface area contributed by atoms with Crippen LogP contribution in [0, 0.1) is 19.3 Å². The number of para-hydroxylation sites is 1. The number of imide groups is 1. The van der Waals surface area contributed by atoms with E-state index in [1.54, 1.807) is 25.1 Å². The van der Waals surface area contributed by atoms with E-state index in [0.717, 1.165) is 32.1 Å². The number of anilines is 1. The number of aromatic nitrogens is 2. The van der Waals surface area contributed by atoms with Crippen molar-refractivity contribution in [1.82, 2.24) is 14.9 Å². The molecule has 0 saturated carbocycles. The lowest BCUT2D eigenvalue weighted by molar-refractivity contribution is -0.135. The summed E-state index contributed by atoms with van der Waals surface area (Å²) in [4.78, 5) is 53.7. The third-order valence-corrected chi connectivity index (χ3v) is 5.38. The van der Waals surface area contributed by atoms with E-state index in [4.69, 9.17) is 6.42 Å². The molecule has 1 fully saturated rings. The van der Waals surface area contributed by atoms with Crippen molar-refractivity contribution in [1.29, 1.82) is 0 Å². The van der Waals surface area contributed by atoms with E-state index in [-0.39, 0.29) is 30.2 Å². The van der Waals surface area contributed by atoms with Crippen LogP contribution in [0.15, 0.2) is 23.0 Å². The maximum absolute atomic E-state index is 13.1. The van der Waals surface area contributed by atoms with Crippen LogP contribution in [0.2, 0.25) is 0 Å². The molecule has 1 aromatic heterocycles. The van der Waals surface area contributed by atoms with Crippen molar-refractivity contribution < 1.29 is 14.4 Å². The van der Waals surface area contributed by atoms with E-state index in [2.05, 4.69) is 21.5 Å². The topological polar surface area (TPSA) is 110 Å². The molecular formula is C23H26N4O4. The Balaban J connectivity index is 1.78. The lowest BCUT2D eigenvalue weighted by atomic mass is 10.1. The van der Waals surface area contributed by atoms with Gasteiger partial charge in [-0.25, -0.2) is 4.98 Å². The van der Waals surface area contributed by atoms with Crippen molar-refractivity contribution in [3.05, 3.63) is 34.4 Å². The number of piperidine rings is 1. The van der Waals surface area contributed by atoms with Crippen LogP contribution in [-0.2, 0) is 14.4 Å². The highest BCUT2D eigenvalue weighted by Gasteiger charge is 2.30. The highest BCUT2D eigenvalue weighted by Crippen LogP contribution is 2.23. The second-order valence-corrected chi connectivity index (χ2v) is 7.67. The van der Waals surface area contributed by atoms with Gasteiger partial charge in [-0.2, -0.15) is 0 Å². The summed E-state index contributed by atoms with van der Waals surface area (Å²) in [6.07, 6.45) is 10.4. The fraction of sp³-hybridized carbons (Fsp3) is 0.435. The number of unbranched alkanes of at least 4 members (excludes halogenated alkanes) is 4. The third kappa shape index (κ3) is 5.18. The average molecular weight is 422 g/mol. The van der Waals surface area contributed by atoms with Gasteiger partial charge in [-0.15, -0.1) is 12.3 Å². The van der Waals surface area contributed by atoms with E-state index < -0.39 is 11.9 Å². The maximum atomic E-state index is 13.1. The third-order valence-electron chi connectivity index (χ3n) is 5.38. The predicted molar refractivity (Wildman–Crippen MR) is 117 cm³/mol. The number of hydrogen-bond donors (Lipinski definition) is 2. The second kappa shape index (κ2) is 10.0. The minimum absolute atomic E-state index is 0.141. The molecule has 0 bridgehead atoms. The SMILES string of the molecule is C#CCCCCCCC(=O)Nc1cccc2c(=O)n(C3CCC(=O)NC3=O)c(C)nc12. The number of carbonyl (C=O) groups is 3. The van der Waals surface area contributed by atoms with E-state index in [1.165, 1.54) is 4.57 Å². The van der Waals surface area contributed by atoms with Crippen molar-refractivity contribution >= 4 is 34.3 Å². The van der Waals surface area contributed by atoms with Crippen molar-refractivity contribution in [3.63, 3.8) is 0 Å². The van der Waals surface area contributed by atoms with Crippen LogP contribution in [0.1, 0.15) is 63.2 Å². The normalized spacial score (nSPS) is 16.1. The fourth-order valence-electron chi connectivity index (χ4n) is 3.80. The summed E-state index contributed by atoms with van der Waals surface area (Å²) in [6.45, 7) is 1.64. The Hall–Kier alpha value is -3.47. The molecule has 3 rings (SSSR count). The van der Waals surface area contributed by atoms with Gasteiger partial charge in [0, 0.05) is 19.3 Å². The molecule has 31 heavy (non-hydrogen) atoms. The smallest absolute Gasteiger partial charge is 0.262 e. The standard InChI is InChI=1S/C23H26N4O4/c1-3-4-5-6-7-8-12-19(28)25-17-11-9-10-16-21(17)24-15(2)27(23(16)31)18-13-14-20(29)26-22(18)30/h1,9-11,18H,4-8,12-14H2,2H3,(H,25,28)(H,26,29,30). The molecule has 162 valence electrons. The average Bonchev–Trinajstić information content (AvgIpc) is 2.73. The molecule has 2 heterocycles. The Morgan fingerprint density at radius 1 is 1.26 bits per heavy atom. The Bertz CT molecular complexity index is 1110. The van der Waals surface area contributed by atoms with E-state index in [1.807, 2.05) is 0 Å². The monoisotopic (exact) mass is 422 g/mol. The first-order chi connectivity index (χ1) is 14.9. The second-order valence-electron chi connectivity index (χ2n) is 7.67. The number of terminal acetylenes is 1. The van der Waals surface area contributed by atoms with Crippen LogP contribution in [0.4, 0.5) is 5.69 Å². The zero-order valence-corrected chi connectivity index (χ0v) is 17.6. The summed E-state index contributed by atoms with van der Waals surface area (Å²) in [6, 6.07) is 4.21. The first kappa shape index (κ1) is 22.2. The van der Waals surface area contributed by atoms with Crippen LogP contribution >= 0.6 is 0 Å². The van der Waals surface area contributed by atoms with Gasteiger partial charge in [0.1, 0.15) is 17.4 Å². The molecule has 1 aromatic carbocycles. The van der Waals surface area contributed by atoms with Gasteiger partial charge in [0.25, 0.3) is 5.56 Å². The predicted octanol–water partition coefficient (Wildman–Crippen LogP) is 2.59. The summed E-state index contributed by atoms with van der Waals surface area (Å²) in [5.74, 6) is 1.96. The van der Waals surface area contributed by atoms with Crippen molar-refractivity contribution in [3.8, 4) is 12.3 Å². The molecule has 0 radical (unpaired) electrons. The molecule has 2 aromatic rings. The van der Waals surface area contributed by atoms with Gasteiger partial charge >= 0.3 is 0 Å². The molecule has 1 atom stereocenters. The molecule has 1 aliphatic rings. The number of benzene rings is 1. The van der Waals surface area contributed by atoms with E-state index >= 15 is 0 Å². The molecule has 8 heteroatoms. The summed E-state index contributed by atoms with van der Waals surface area (Å²) in [7, 11) is 0. The number of carbonyl (C=O) groups excluding carboxylic acids is 3. The number of hydrogen-bond acceptors (Lipinski definition) is 5. The molecule has 0 spiro atoms. The molecule has 1 aliphatic heterocycles. The maximum Gasteiger partial charge on any atom is 0.262 e. The van der Waals surface area contributed by atoms with Crippen LogP contribution < -0.4 is 16.2 Å². The fourth-order valence-corrected chi connectivity index (χ4v) is 3.80. The van der Waals surface area contributed by atoms with Gasteiger partial charge in [0.15, 0.2) is 0 Å². The summed E-state index contributed by atoms with van der Waals surface area (Å²) in [5, 5.41) is 5.43. The molecule has 1 unspecified atom stereocenters. The molecule has 1 saturated heterocycles. The van der Waals surface area contributed by atoms with E-state index in [0.29, 0.717) is 28.8 Å².